The highest BCUT2D eigenvalue weighted by atomic mass is 16.4. The lowest BCUT2D eigenvalue weighted by molar-refractivity contribution is -0.137. The molecule has 0 saturated heterocycles. The normalized spacial score (nSPS) is 12.8. The molecular formula is C8H11NO3. The molecule has 66 valence electrons. The summed E-state index contributed by atoms with van der Waals surface area (Å²) in [6, 6.07) is 3.17. The number of rotatable bonds is 4. The summed E-state index contributed by atoms with van der Waals surface area (Å²) in [5, 5.41) is 8.40. The van der Waals surface area contributed by atoms with Gasteiger partial charge in [-0.2, -0.15) is 0 Å². The molecule has 0 amide bonds. The molecule has 0 bridgehead atoms. The van der Waals surface area contributed by atoms with Gasteiger partial charge in [0.1, 0.15) is 5.76 Å². The van der Waals surface area contributed by atoms with Gasteiger partial charge in [0.15, 0.2) is 0 Å². The third kappa shape index (κ3) is 2.75. The monoisotopic (exact) mass is 169 g/mol. The Morgan fingerprint density at radius 1 is 1.75 bits per heavy atom. The van der Waals surface area contributed by atoms with Gasteiger partial charge in [-0.3, -0.25) is 4.79 Å². The summed E-state index contributed by atoms with van der Waals surface area (Å²) < 4.78 is 5.01. The summed E-state index contributed by atoms with van der Waals surface area (Å²) in [4.78, 5) is 10.2. The average molecular weight is 169 g/mol. The Balaban J connectivity index is 2.36. The molecule has 0 aromatic carbocycles. The number of carbonyl (C=O) groups is 1. The molecule has 0 spiro atoms. The van der Waals surface area contributed by atoms with Crippen molar-refractivity contribution in [3.63, 3.8) is 0 Å². The van der Waals surface area contributed by atoms with Crippen LogP contribution < -0.4 is 5.73 Å². The standard InChI is InChI=1S/C8H11NO3/c9-6(5-8(10)11)4-7-2-1-3-12-7/h1-3,6H,4-5,9H2,(H,10,11). The van der Waals surface area contributed by atoms with Gasteiger partial charge in [0.05, 0.1) is 12.7 Å². The van der Waals surface area contributed by atoms with Crippen molar-refractivity contribution in [1.82, 2.24) is 0 Å². The Morgan fingerprint density at radius 2 is 2.50 bits per heavy atom. The van der Waals surface area contributed by atoms with Crippen LogP contribution in [-0.2, 0) is 11.2 Å². The van der Waals surface area contributed by atoms with Crippen molar-refractivity contribution in [1.29, 1.82) is 0 Å². The van der Waals surface area contributed by atoms with E-state index in [1.807, 2.05) is 0 Å². The molecule has 0 radical (unpaired) electrons. The van der Waals surface area contributed by atoms with E-state index >= 15 is 0 Å². The minimum absolute atomic E-state index is 0.0271. The summed E-state index contributed by atoms with van der Waals surface area (Å²) in [6.07, 6.45) is 1.99. The van der Waals surface area contributed by atoms with E-state index in [1.54, 1.807) is 18.4 Å². The van der Waals surface area contributed by atoms with E-state index in [0.29, 0.717) is 6.42 Å². The van der Waals surface area contributed by atoms with Crippen molar-refractivity contribution in [2.45, 2.75) is 18.9 Å². The minimum atomic E-state index is -0.881. The lowest BCUT2D eigenvalue weighted by Gasteiger charge is -2.04. The molecule has 0 saturated carbocycles. The topological polar surface area (TPSA) is 76.5 Å². The van der Waals surface area contributed by atoms with Crippen molar-refractivity contribution in [2.75, 3.05) is 0 Å². The molecule has 4 nitrogen and oxygen atoms in total. The zero-order valence-electron chi connectivity index (χ0n) is 6.56. The predicted molar refractivity (Wildman–Crippen MR) is 42.6 cm³/mol. The Morgan fingerprint density at radius 3 is 3.00 bits per heavy atom. The second-order valence-electron chi connectivity index (χ2n) is 2.64. The van der Waals surface area contributed by atoms with E-state index in [4.69, 9.17) is 15.3 Å². The fourth-order valence-electron chi connectivity index (χ4n) is 0.984. The Labute approximate surface area is 70.0 Å². The van der Waals surface area contributed by atoms with Gasteiger partial charge in [0, 0.05) is 12.5 Å². The first-order valence-corrected chi connectivity index (χ1v) is 3.68. The second-order valence-corrected chi connectivity index (χ2v) is 2.64. The van der Waals surface area contributed by atoms with Crippen LogP contribution in [0.5, 0.6) is 0 Å². The van der Waals surface area contributed by atoms with Crippen LogP contribution in [0, 0.1) is 0 Å². The number of aliphatic carboxylic acids is 1. The molecule has 4 heteroatoms. The van der Waals surface area contributed by atoms with Gasteiger partial charge < -0.3 is 15.3 Å². The second kappa shape index (κ2) is 3.92. The molecule has 1 atom stereocenters. The van der Waals surface area contributed by atoms with Gasteiger partial charge in [-0.1, -0.05) is 0 Å². The van der Waals surface area contributed by atoms with Crippen molar-refractivity contribution < 1.29 is 14.3 Å². The van der Waals surface area contributed by atoms with Crippen LogP contribution in [0.1, 0.15) is 12.2 Å². The van der Waals surface area contributed by atoms with Crippen LogP contribution >= 0.6 is 0 Å². The molecule has 0 fully saturated rings. The fraction of sp³-hybridized carbons (Fsp3) is 0.375. The summed E-state index contributed by atoms with van der Waals surface area (Å²) in [5.74, 6) is -0.155. The smallest absolute Gasteiger partial charge is 0.304 e. The number of hydrogen-bond acceptors (Lipinski definition) is 3. The molecule has 0 aliphatic rings. The van der Waals surface area contributed by atoms with Crippen LogP contribution in [-0.4, -0.2) is 17.1 Å². The van der Waals surface area contributed by atoms with Crippen molar-refractivity contribution >= 4 is 5.97 Å². The maximum Gasteiger partial charge on any atom is 0.304 e. The lowest BCUT2D eigenvalue weighted by Crippen LogP contribution is -2.25. The molecule has 12 heavy (non-hydrogen) atoms. The Kier molecular flexibility index (Phi) is 2.88. The molecule has 1 aromatic rings. The fourth-order valence-corrected chi connectivity index (χ4v) is 0.984. The van der Waals surface area contributed by atoms with E-state index in [0.717, 1.165) is 5.76 Å². The Hall–Kier alpha value is -1.29. The number of furan rings is 1. The molecule has 0 aliphatic heterocycles. The first kappa shape index (κ1) is 8.80. The van der Waals surface area contributed by atoms with Gasteiger partial charge in [0.25, 0.3) is 0 Å². The largest absolute Gasteiger partial charge is 0.481 e. The molecule has 1 rings (SSSR count). The summed E-state index contributed by atoms with van der Waals surface area (Å²) >= 11 is 0. The van der Waals surface area contributed by atoms with Gasteiger partial charge >= 0.3 is 5.97 Å². The summed E-state index contributed by atoms with van der Waals surface area (Å²) in [5.41, 5.74) is 5.52. The third-order valence-corrected chi connectivity index (χ3v) is 1.48. The molecule has 1 aromatic heterocycles. The zero-order chi connectivity index (χ0) is 8.97. The zero-order valence-corrected chi connectivity index (χ0v) is 6.56. The van der Waals surface area contributed by atoms with E-state index in [1.165, 1.54) is 0 Å². The molecule has 0 aliphatic carbocycles. The minimum Gasteiger partial charge on any atom is -0.481 e. The highest BCUT2D eigenvalue weighted by Gasteiger charge is 2.09. The van der Waals surface area contributed by atoms with Gasteiger partial charge in [-0.15, -0.1) is 0 Å². The average Bonchev–Trinajstić information content (AvgIpc) is 2.37. The van der Waals surface area contributed by atoms with Crippen LogP contribution in [0.4, 0.5) is 0 Å². The van der Waals surface area contributed by atoms with Crippen LogP contribution in [0.25, 0.3) is 0 Å². The van der Waals surface area contributed by atoms with Gasteiger partial charge in [0.2, 0.25) is 0 Å². The van der Waals surface area contributed by atoms with Gasteiger partial charge in [-0.25, -0.2) is 0 Å². The number of carboxylic acids is 1. The van der Waals surface area contributed by atoms with Crippen molar-refractivity contribution in [3.8, 4) is 0 Å². The third-order valence-electron chi connectivity index (χ3n) is 1.48. The molecule has 1 unspecified atom stereocenters. The number of nitrogens with two attached hydrogens (primary N) is 1. The van der Waals surface area contributed by atoms with Gasteiger partial charge in [-0.05, 0) is 12.1 Å². The van der Waals surface area contributed by atoms with Crippen LogP contribution in [0.2, 0.25) is 0 Å². The molecule has 3 N–H and O–H groups in total. The number of carboxylic acid groups (broad SMARTS) is 1. The highest BCUT2D eigenvalue weighted by molar-refractivity contribution is 5.67. The van der Waals surface area contributed by atoms with Crippen molar-refractivity contribution in [3.05, 3.63) is 24.2 Å². The lowest BCUT2D eigenvalue weighted by atomic mass is 10.1. The van der Waals surface area contributed by atoms with E-state index < -0.39 is 5.97 Å². The predicted octanol–water partition coefficient (Wildman–Crippen LogP) is 0.624. The first-order valence-electron chi connectivity index (χ1n) is 3.68. The Bertz CT molecular complexity index is 243. The molecular weight excluding hydrogens is 158 g/mol. The van der Waals surface area contributed by atoms with E-state index in [9.17, 15) is 4.79 Å². The quantitative estimate of drug-likeness (QED) is 0.692. The van der Waals surface area contributed by atoms with Crippen LogP contribution in [0.3, 0.4) is 0 Å². The SMILES string of the molecule is NC(CC(=O)O)Cc1ccco1. The van der Waals surface area contributed by atoms with Crippen LogP contribution in [0.15, 0.2) is 22.8 Å². The van der Waals surface area contributed by atoms with Crippen molar-refractivity contribution in [2.24, 2.45) is 5.73 Å². The maximum atomic E-state index is 10.2. The summed E-state index contributed by atoms with van der Waals surface area (Å²) in [7, 11) is 0. The molecule has 1 heterocycles. The maximum absolute atomic E-state index is 10.2. The highest BCUT2D eigenvalue weighted by Crippen LogP contribution is 2.04. The summed E-state index contributed by atoms with van der Waals surface area (Å²) in [6.45, 7) is 0. The number of hydrogen-bond donors (Lipinski definition) is 2. The van der Waals surface area contributed by atoms with E-state index in [-0.39, 0.29) is 12.5 Å². The van der Waals surface area contributed by atoms with E-state index in [2.05, 4.69) is 0 Å². The first-order chi connectivity index (χ1) is 5.68.